The molecule has 0 heteroatoms. The van der Waals surface area contributed by atoms with Crippen molar-refractivity contribution in [3.63, 3.8) is 0 Å². The van der Waals surface area contributed by atoms with Crippen LogP contribution in [0.25, 0.3) is 0 Å². The van der Waals surface area contributed by atoms with Gasteiger partial charge in [-0.15, -0.1) is 0 Å². The summed E-state index contributed by atoms with van der Waals surface area (Å²) >= 11 is 0. The van der Waals surface area contributed by atoms with Gasteiger partial charge in [-0.25, -0.2) is 0 Å². The summed E-state index contributed by atoms with van der Waals surface area (Å²) in [6.07, 6.45) is 6.48. The van der Waals surface area contributed by atoms with Gasteiger partial charge in [0.2, 0.25) is 0 Å². The minimum Gasteiger partial charge on any atom is -0.0617 e. The molecule has 0 saturated heterocycles. The van der Waals surface area contributed by atoms with Crippen LogP contribution >= 0.6 is 0 Å². The molecule has 0 aromatic heterocycles. The first-order valence-electron chi connectivity index (χ1n) is 4.74. The van der Waals surface area contributed by atoms with Gasteiger partial charge in [0.15, 0.2) is 0 Å². The Morgan fingerprint density at radius 3 is 2.00 bits per heavy atom. The van der Waals surface area contributed by atoms with Gasteiger partial charge in [0.05, 0.1) is 0 Å². The van der Waals surface area contributed by atoms with Crippen LogP contribution in [0.15, 0.2) is 46.1 Å². The van der Waals surface area contributed by atoms with E-state index in [4.69, 9.17) is 0 Å². The molecule has 0 nitrogen and oxygen atoms in total. The topological polar surface area (TPSA) is 0 Å². The lowest BCUT2D eigenvalue weighted by Gasteiger charge is -2.12. The summed E-state index contributed by atoms with van der Waals surface area (Å²) in [6.45, 7) is 10.9. The van der Waals surface area contributed by atoms with E-state index in [0.29, 0.717) is 0 Å². The smallest absolute Gasteiger partial charge is 0.0392 e. The lowest BCUT2D eigenvalue weighted by molar-refractivity contribution is 1.19. The Morgan fingerprint density at radius 1 is 0.769 bits per heavy atom. The molecule has 0 unspecified atom stereocenters. The second kappa shape index (κ2) is 3.78. The van der Waals surface area contributed by atoms with Gasteiger partial charge >= 0.3 is 0 Å². The van der Waals surface area contributed by atoms with Crippen molar-refractivity contribution in [1.82, 2.24) is 0 Å². The quantitative estimate of drug-likeness (QED) is 0.517. The summed E-state index contributed by atoms with van der Waals surface area (Å²) in [6, 6.07) is 0. The zero-order valence-electron chi connectivity index (χ0n) is 9.23. The van der Waals surface area contributed by atoms with Gasteiger partial charge in [0, 0.05) is 0 Å². The van der Waals surface area contributed by atoms with Crippen LogP contribution in [0.1, 0.15) is 34.6 Å². The van der Waals surface area contributed by atoms with E-state index in [2.05, 4.69) is 52.8 Å². The maximum absolute atomic E-state index is 2.20. The molecule has 1 aliphatic rings. The van der Waals surface area contributed by atoms with Gasteiger partial charge in [0.25, 0.3) is 0 Å². The van der Waals surface area contributed by atoms with Crippen molar-refractivity contribution in [3.05, 3.63) is 46.1 Å². The number of hydrogen-bond acceptors (Lipinski definition) is 0. The van der Waals surface area contributed by atoms with E-state index in [9.17, 15) is 0 Å². The molecule has 0 bridgehead atoms. The molecular weight excluding hydrogens is 156 g/mol. The molecule has 1 aliphatic carbocycles. The molecule has 0 N–H and O–H groups in total. The average molecular weight is 174 g/mol. The first-order chi connectivity index (χ1) is 6.04. The SMILES string of the molecule is CC1=C/C=C\C(C)=C(C)/C(C)=C\1C. The predicted octanol–water partition coefficient (Wildman–Crippen LogP) is 4.18. The van der Waals surface area contributed by atoms with Crippen LogP contribution in [0.3, 0.4) is 0 Å². The molecule has 1 rings (SSSR count). The molecule has 0 saturated carbocycles. The summed E-state index contributed by atoms with van der Waals surface area (Å²) in [5.74, 6) is 0. The van der Waals surface area contributed by atoms with Crippen LogP contribution in [0.2, 0.25) is 0 Å². The lowest BCUT2D eigenvalue weighted by atomic mass is 9.93. The van der Waals surface area contributed by atoms with Crippen LogP contribution in [-0.2, 0) is 0 Å². The molecule has 0 aromatic carbocycles. The largest absolute Gasteiger partial charge is 0.0617 e. The van der Waals surface area contributed by atoms with E-state index in [-0.39, 0.29) is 0 Å². The fraction of sp³-hybridized carbons (Fsp3) is 0.385. The van der Waals surface area contributed by atoms with Crippen LogP contribution in [0, 0.1) is 0 Å². The highest BCUT2D eigenvalue weighted by molar-refractivity contribution is 5.48. The zero-order chi connectivity index (χ0) is 10.0. The molecule has 0 heterocycles. The van der Waals surface area contributed by atoms with E-state index in [0.717, 1.165) is 0 Å². The van der Waals surface area contributed by atoms with Gasteiger partial charge in [-0.05, 0) is 62.5 Å². The Bertz CT molecular complexity index is 333. The van der Waals surface area contributed by atoms with E-state index in [1.165, 1.54) is 27.9 Å². The van der Waals surface area contributed by atoms with Crippen molar-refractivity contribution in [2.45, 2.75) is 34.6 Å². The summed E-state index contributed by atoms with van der Waals surface area (Å²) in [4.78, 5) is 0. The van der Waals surface area contributed by atoms with Crippen molar-refractivity contribution in [1.29, 1.82) is 0 Å². The third kappa shape index (κ3) is 2.00. The van der Waals surface area contributed by atoms with Crippen molar-refractivity contribution in [3.8, 4) is 0 Å². The summed E-state index contributed by atoms with van der Waals surface area (Å²) in [5.41, 5.74) is 6.94. The molecule has 0 spiro atoms. The Hall–Kier alpha value is -1.04. The first-order valence-corrected chi connectivity index (χ1v) is 4.74. The monoisotopic (exact) mass is 174 g/mol. The highest BCUT2D eigenvalue weighted by atomic mass is 14.1. The minimum atomic E-state index is 1.36. The van der Waals surface area contributed by atoms with Crippen molar-refractivity contribution in [2.75, 3.05) is 0 Å². The highest BCUT2D eigenvalue weighted by Gasteiger charge is 2.04. The van der Waals surface area contributed by atoms with Gasteiger partial charge in [-0.1, -0.05) is 18.2 Å². The molecule has 0 atom stereocenters. The van der Waals surface area contributed by atoms with Crippen molar-refractivity contribution < 1.29 is 0 Å². The Morgan fingerprint density at radius 2 is 1.38 bits per heavy atom. The summed E-state index contributed by atoms with van der Waals surface area (Å²) < 4.78 is 0. The van der Waals surface area contributed by atoms with E-state index in [1.54, 1.807) is 0 Å². The molecular formula is C13H18. The molecule has 13 heavy (non-hydrogen) atoms. The standard InChI is InChI=1S/C13H18/c1-9-7-6-8-10(2)12(4)13(5)11(9)3/h6-8H,1-5H3/b7-6-,8-6?,9-7?,10-8-,11-9-,12-10?,13-11?,13-12-. The maximum Gasteiger partial charge on any atom is -0.0392 e. The third-order valence-corrected chi connectivity index (χ3v) is 3.00. The lowest BCUT2D eigenvalue weighted by Crippen LogP contribution is -1.92. The fourth-order valence-electron chi connectivity index (χ4n) is 1.46. The minimum absolute atomic E-state index is 1.36. The maximum atomic E-state index is 2.20. The highest BCUT2D eigenvalue weighted by Crippen LogP contribution is 2.24. The second-order valence-electron chi connectivity index (χ2n) is 3.77. The third-order valence-electron chi connectivity index (χ3n) is 3.00. The van der Waals surface area contributed by atoms with Crippen LogP contribution in [0.5, 0.6) is 0 Å². The van der Waals surface area contributed by atoms with E-state index >= 15 is 0 Å². The van der Waals surface area contributed by atoms with Gasteiger partial charge < -0.3 is 0 Å². The Kier molecular flexibility index (Phi) is 2.92. The molecule has 0 aromatic rings. The number of allylic oxidation sites excluding steroid dienone is 8. The molecule has 0 radical (unpaired) electrons. The van der Waals surface area contributed by atoms with E-state index in [1.807, 2.05) is 0 Å². The normalized spacial score (nSPS) is 36.2. The van der Waals surface area contributed by atoms with Gasteiger partial charge in [0.1, 0.15) is 0 Å². The Labute approximate surface area is 81.4 Å². The fourth-order valence-corrected chi connectivity index (χ4v) is 1.46. The second-order valence-corrected chi connectivity index (χ2v) is 3.77. The average Bonchev–Trinajstić information content (AvgIpc) is 2.12. The van der Waals surface area contributed by atoms with Crippen LogP contribution in [-0.4, -0.2) is 0 Å². The molecule has 70 valence electrons. The molecule has 0 aliphatic heterocycles. The van der Waals surface area contributed by atoms with E-state index < -0.39 is 0 Å². The number of rotatable bonds is 0. The van der Waals surface area contributed by atoms with Gasteiger partial charge in [-0.2, -0.15) is 0 Å². The molecule has 0 fully saturated rings. The van der Waals surface area contributed by atoms with Gasteiger partial charge in [-0.3, -0.25) is 0 Å². The van der Waals surface area contributed by atoms with Crippen LogP contribution < -0.4 is 0 Å². The molecule has 0 amide bonds. The first kappa shape index (κ1) is 10.0. The summed E-state index contributed by atoms with van der Waals surface area (Å²) in [5, 5.41) is 0. The van der Waals surface area contributed by atoms with Crippen molar-refractivity contribution >= 4 is 0 Å². The zero-order valence-corrected chi connectivity index (χ0v) is 9.23. The Balaban J connectivity index is 3.30. The van der Waals surface area contributed by atoms with Crippen LogP contribution in [0.4, 0.5) is 0 Å². The predicted molar refractivity (Wildman–Crippen MR) is 59.6 cm³/mol. The summed E-state index contributed by atoms with van der Waals surface area (Å²) in [7, 11) is 0. The van der Waals surface area contributed by atoms with Crippen molar-refractivity contribution in [2.24, 2.45) is 0 Å². The number of hydrogen-bond donors (Lipinski definition) is 0.